The lowest BCUT2D eigenvalue weighted by Crippen LogP contribution is -2.03. The number of nitrogens with one attached hydrogen (secondary N) is 1. The fourth-order valence-corrected chi connectivity index (χ4v) is 1.90. The number of ether oxygens (including phenoxy) is 1. The molecular formula is C14H14N6O2. The Morgan fingerprint density at radius 3 is 3.00 bits per heavy atom. The summed E-state index contributed by atoms with van der Waals surface area (Å²) < 4.78 is 6.64. The van der Waals surface area contributed by atoms with E-state index in [2.05, 4.69) is 25.8 Å². The number of fused-ring (bicyclic) bond motifs is 1. The molecule has 0 unspecified atom stereocenters. The summed E-state index contributed by atoms with van der Waals surface area (Å²) in [6, 6.07) is 8.59. The Balaban J connectivity index is 1.81. The lowest BCUT2D eigenvalue weighted by Gasteiger charge is -2.07. The number of aromatic nitrogens is 4. The average molecular weight is 298 g/mol. The number of rotatable bonds is 4. The largest absolute Gasteiger partial charge is 0.504 e. The smallest absolute Gasteiger partial charge is 0.177 e. The third kappa shape index (κ3) is 2.66. The molecule has 1 aromatic carbocycles. The SMILES string of the molecule is COc1cc(/C(C)=N\Nc2ccc3nncn3n2)ccc1O. The van der Waals surface area contributed by atoms with Crippen LogP contribution in [0.5, 0.6) is 11.5 Å². The van der Waals surface area contributed by atoms with E-state index in [9.17, 15) is 5.11 Å². The van der Waals surface area contributed by atoms with Gasteiger partial charge in [0.15, 0.2) is 23.0 Å². The van der Waals surface area contributed by atoms with Gasteiger partial charge in [-0.2, -0.15) is 9.62 Å². The Morgan fingerprint density at radius 1 is 1.32 bits per heavy atom. The predicted octanol–water partition coefficient (Wildman–Crippen LogP) is 1.67. The fraction of sp³-hybridized carbons (Fsp3) is 0.143. The number of nitrogens with zero attached hydrogens (tertiary/aromatic N) is 5. The van der Waals surface area contributed by atoms with Crippen molar-refractivity contribution in [1.82, 2.24) is 19.8 Å². The molecule has 0 amide bonds. The minimum Gasteiger partial charge on any atom is -0.504 e. The summed E-state index contributed by atoms with van der Waals surface area (Å²) in [7, 11) is 1.50. The summed E-state index contributed by atoms with van der Waals surface area (Å²) >= 11 is 0. The maximum Gasteiger partial charge on any atom is 0.177 e. The highest BCUT2D eigenvalue weighted by Gasteiger charge is 2.05. The molecule has 0 bridgehead atoms. The zero-order valence-corrected chi connectivity index (χ0v) is 12.1. The number of phenolic OH excluding ortho intramolecular Hbond substituents is 1. The van der Waals surface area contributed by atoms with Gasteiger partial charge in [0.1, 0.15) is 6.33 Å². The molecule has 22 heavy (non-hydrogen) atoms. The summed E-state index contributed by atoms with van der Waals surface area (Å²) in [6.45, 7) is 1.84. The van der Waals surface area contributed by atoms with E-state index >= 15 is 0 Å². The molecule has 2 N–H and O–H groups in total. The number of hydrogen-bond acceptors (Lipinski definition) is 7. The van der Waals surface area contributed by atoms with Crippen molar-refractivity contribution in [2.24, 2.45) is 5.10 Å². The van der Waals surface area contributed by atoms with E-state index in [0.717, 1.165) is 11.3 Å². The number of anilines is 1. The number of aromatic hydroxyl groups is 1. The topological polar surface area (TPSA) is 96.9 Å². The highest BCUT2D eigenvalue weighted by molar-refractivity contribution is 5.99. The molecule has 0 spiro atoms. The number of methoxy groups -OCH3 is 1. The van der Waals surface area contributed by atoms with Crippen LogP contribution in [0, 0.1) is 0 Å². The number of phenols is 1. The quantitative estimate of drug-likeness (QED) is 0.562. The lowest BCUT2D eigenvalue weighted by atomic mass is 10.1. The summed E-state index contributed by atoms with van der Waals surface area (Å²) in [6.07, 6.45) is 1.52. The molecular weight excluding hydrogens is 284 g/mol. The van der Waals surface area contributed by atoms with Gasteiger partial charge in [0.25, 0.3) is 0 Å². The Hall–Kier alpha value is -3.16. The number of hydrogen-bond donors (Lipinski definition) is 2. The molecule has 112 valence electrons. The van der Waals surface area contributed by atoms with Crippen LogP contribution in [0.2, 0.25) is 0 Å². The van der Waals surface area contributed by atoms with Gasteiger partial charge in [0.2, 0.25) is 0 Å². The van der Waals surface area contributed by atoms with Gasteiger partial charge in [0.05, 0.1) is 12.8 Å². The van der Waals surface area contributed by atoms with Crippen LogP contribution in [-0.2, 0) is 0 Å². The number of hydrazone groups is 1. The standard InChI is InChI=1S/C14H14N6O2/c1-9(10-3-4-11(21)12(7-10)22-2)16-17-13-5-6-14-18-15-8-20(14)19-13/h3-8,21H,1-2H3,(H,17,19)/b16-9-. The molecule has 0 saturated heterocycles. The van der Waals surface area contributed by atoms with Crippen molar-refractivity contribution in [2.75, 3.05) is 12.5 Å². The maximum atomic E-state index is 9.60. The lowest BCUT2D eigenvalue weighted by molar-refractivity contribution is 0.373. The molecule has 0 radical (unpaired) electrons. The van der Waals surface area contributed by atoms with Crippen LogP contribution in [0.1, 0.15) is 12.5 Å². The average Bonchev–Trinajstić information content (AvgIpc) is 3.00. The van der Waals surface area contributed by atoms with Crippen LogP contribution in [0.15, 0.2) is 41.8 Å². The molecule has 2 heterocycles. The maximum absolute atomic E-state index is 9.60. The second-order valence-corrected chi connectivity index (χ2v) is 4.55. The first kappa shape index (κ1) is 13.8. The monoisotopic (exact) mass is 298 g/mol. The van der Waals surface area contributed by atoms with Crippen molar-refractivity contribution < 1.29 is 9.84 Å². The minimum atomic E-state index is 0.0896. The van der Waals surface area contributed by atoms with Gasteiger partial charge in [-0.25, -0.2) is 0 Å². The first-order chi connectivity index (χ1) is 10.7. The summed E-state index contributed by atoms with van der Waals surface area (Å²) in [5, 5.41) is 25.8. The van der Waals surface area contributed by atoms with Crippen LogP contribution < -0.4 is 10.2 Å². The third-order valence-corrected chi connectivity index (χ3v) is 3.10. The van der Waals surface area contributed by atoms with Crippen molar-refractivity contribution >= 4 is 17.2 Å². The molecule has 3 rings (SSSR count). The number of benzene rings is 1. The predicted molar refractivity (Wildman–Crippen MR) is 81.3 cm³/mol. The molecule has 0 aliphatic rings. The third-order valence-electron chi connectivity index (χ3n) is 3.10. The Labute approximate surface area is 126 Å². The van der Waals surface area contributed by atoms with Gasteiger partial charge in [-0.1, -0.05) is 0 Å². The fourth-order valence-electron chi connectivity index (χ4n) is 1.90. The van der Waals surface area contributed by atoms with Gasteiger partial charge < -0.3 is 9.84 Å². The van der Waals surface area contributed by atoms with Gasteiger partial charge in [-0.05, 0) is 37.3 Å². The molecule has 8 nitrogen and oxygen atoms in total. The molecule has 0 saturated carbocycles. The van der Waals surface area contributed by atoms with Crippen LogP contribution >= 0.6 is 0 Å². The van der Waals surface area contributed by atoms with E-state index in [4.69, 9.17) is 4.74 Å². The molecule has 8 heteroatoms. The van der Waals surface area contributed by atoms with Crippen LogP contribution in [-0.4, -0.2) is 37.7 Å². The van der Waals surface area contributed by atoms with E-state index in [1.54, 1.807) is 34.8 Å². The normalized spacial score (nSPS) is 11.6. The van der Waals surface area contributed by atoms with E-state index in [0.29, 0.717) is 17.2 Å². The molecule has 0 fully saturated rings. The van der Waals surface area contributed by atoms with Crippen molar-refractivity contribution in [3.63, 3.8) is 0 Å². The summed E-state index contributed by atoms with van der Waals surface area (Å²) in [4.78, 5) is 0. The molecule has 0 aliphatic carbocycles. The van der Waals surface area contributed by atoms with Crippen LogP contribution in [0.3, 0.4) is 0 Å². The van der Waals surface area contributed by atoms with Crippen molar-refractivity contribution in [1.29, 1.82) is 0 Å². The molecule has 3 aromatic rings. The Morgan fingerprint density at radius 2 is 2.18 bits per heavy atom. The zero-order chi connectivity index (χ0) is 15.5. The Bertz CT molecular complexity index is 842. The van der Waals surface area contributed by atoms with Crippen molar-refractivity contribution in [2.45, 2.75) is 6.92 Å². The van der Waals surface area contributed by atoms with E-state index in [1.165, 1.54) is 13.4 Å². The van der Waals surface area contributed by atoms with Crippen LogP contribution in [0.4, 0.5) is 5.82 Å². The molecule has 2 aromatic heterocycles. The zero-order valence-electron chi connectivity index (χ0n) is 12.1. The van der Waals surface area contributed by atoms with Crippen LogP contribution in [0.25, 0.3) is 5.65 Å². The highest BCUT2D eigenvalue weighted by Crippen LogP contribution is 2.26. The van der Waals surface area contributed by atoms with Gasteiger partial charge in [-0.3, -0.25) is 5.43 Å². The Kier molecular flexibility index (Phi) is 3.57. The second-order valence-electron chi connectivity index (χ2n) is 4.55. The first-order valence-corrected chi connectivity index (χ1v) is 6.52. The van der Waals surface area contributed by atoms with E-state index in [1.807, 2.05) is 6.92 Å². The summed E-state index contributed by atoms with van der Waals surface area (Å²) in [5.74, 6) is 1.06. The summed E-state index contributed by atoms with van der Waals surface area (Å²) in [5.41, 5.74) is 5.09. The van der Waals surface area contributed by atoms with Gasteiger partial charge >= 0.3 is 0 Å². The van der Waals surface area contributed by atoms with Crippen molar-refractivity contribution in [3.05, 3.63) is 42.2 Å². The molecule has 0 aliphatic heterocycles. The van der Waals surface area contributed by atoms with Gasteiger partial charge in [0, 0.05) is 5.56 Å². The first-order valence-electron chi connectivity index (χ1n) is 6.52. The van der Waals surface area contributed by atoms with Gasteiger partial charge in [-0.15, -0.1) is 15.3 Å². The van der Waals surface area contributed by atoms with Crippen molar-refractivity contribution in [3.8, 4) is 11.5 Å². The van der Waals surface area contributed by atoms with E-state index in [-0.39, 0.29) is 5.75 Å². The van der Waals surface area contributed by atoms with E-state index < -0.39 is 0 Å². The molecule has 0 atom stereocenters. The highest BCUT2D eigenvalue weighted by atomic mass is 16.5. The minimum absolute atomic E-state index is 0.0896. The second kappa shape index (κ2) is 5.68.